The molecule has 0 amide bonds. The molecule has 1 N–H and O–H groups in total. The Hall–Kier alpha value is -6.14. The van der Waals surface area contributed by atoms with Crippen LogP contribution in [0, 0.1) is 0 Å². The number of carbonyl (C=O) groups excluding carboxylic acids is 4. The molecule has 0 spiro atoms. The molecule has 5 atom stereocenters. The molecule has 0 aromatic heterocycles. The number of esters is 4. The van der Waals surface area contributed by atoms with Gasteiger partial charge in [-0.2, -0.15) is 0 Å². The van der Waals surface area contributed by atoms with Crippen LogP contribution in [0.4, 0.5) is 0 Å². The third kappa shape index (κ3) is 9.40. The molecule has 5 aromatic carbocycles. The highest BCUT2D eigenvalue weighted by molar-refractivity contribution is 5.92. The van der Waals surface area contributed by atoms with Gasteiger partial charge in [-0.25, -0.2) is 19.2 Å². The zero-order valence-corrected chi connectivity index (χ0v) is 28.4. The van der Waals surface area contributed by atoms with Gasteiger partial charge in [0.15, 0.2) is 24.6 Å². The molecule has 53 heavy (non-hydrogen) atoms. The van der Waals surface area contributed by atoms with Gasteiger partial charge in [0.2, 0.25) is 0 Å². The monoisotopic (exact) mass is 716 g/mol. The Labute approximate surface area is 305 Å². The Bertz CT molecular complexity index is 1970. The summed E-state index contributed by atoms with van der Waals surface area (Å²) in [5, 5.41) is 10.6. The van der Waals surface area contributed by atoms with Crippen molar-refractivity contribution in [3.63, 3.8) is 0 Å². The van der Waals surface area contributed by atoms with Gasteiger partial charge in [0.25, 0.3) is 0 Å². The number of ether oxygens (including phenoxy) is 6. The Kier molecular flexibility index (Phi) is 12.4. The molecule has 270 valence electrons. The molecule has 1 aliphatic heterocycles. The number of benzene rings is 5. The lowest BCUT2D eigenvalue weighted by molar-refractivity contribution is -0.301. The van der Waals surface area contributed by atoms with Crippen LogP contribution in [-0.4, -0.2) is 66.3 Å². The van der Waals surface area contributed by atoms with Crippen molar-refractivity contribution in [2.24, 2.45) is 0 Å². The van der Waals surface area contributed by atoms with Crippen molar-refractivity contribution in [1.82, 2.24) is 0 Å². The fourth-order valence-electron chi connectivity index (χ4n) is 5.68. The van der Waals surface area contributed by atoms with Crippen LogP contribution in [0.5, 0.6) is 0 Å². The number of hydrogen-bond acceptors (Lipinski definition) is 11. The molecule has 1 saturated heterocycles. The van der Waals surface area contributed by atoms with E-state index in [1.807, 2.05) is 30.3 Å². The van der Waals surface area contributed by atoms with Gasteiger partial charge >= 0.3 is 23.9 Å². The molecule has 0 aliphatic carbocycles. The average molecular weight is 717 g/mol. The first kappa shape index (κ1) is 36.6. The van der Waals surface area contributed by atoms with Crippen molar-refractivity contribution in [1.29, 1.82) is 0 Å². The maximum Gasteiger partial charge on any atom is 0.338 e. The first-order valence-corrected chi connectivity index (χ1v) is 16.9. The second-order valence-corrected chi connectivity index (χ2v) is 12.0. The van der Waals surface area contributed by atoms with Crippen LogP contribution in [-0.2, 0) is 41.6 Å². The lowest BCUT2D eigenvalue weighted by Crippen LogP contribution is -2.62. The van der Waals surface area contributed by atoms with E-state index >= 15 is 0 Å². The van der Waals surface area contributed by atoms with Crippen molar-refractivity contribution < 1.29 is 52.7 Å². The van der Waals surface area contributed by atoms with Crippen LogP contribution in [0.3, 0.4) is 0 Å². The molecule has 11 heteroatoms. The number of aliphatic hydroxyl groups excluding tert-OH is 1. The zero-order chi connectivity index (χ0) is 37.0. The molecule has 0 bridgehead atoms. The van der Waals surface area contributed by atoms with Gasteiger partial charge in [-0.15, -0.1) is 0 Å². The lowest BCUT2D eigenvalue weighted by Gasteiger charge is -2.44. The highest BCUT2D eigenvalue weighted by Gasteiger charge is 2.53. The van der Waals surface area contributed by atoms with Crippen molar-refractivity contribution in [3.8, 4) is 0 Å². The quantitative estimate of drug-likeness (QED) is 0.114. The summed E-state index contributed by atoms with van der Waals surface area (Å²) in [6, 6.07) is 40.1. The van der Waals surface area contributed by atoms with Crippen LogP contribution in [0.2, 0.25) is 0 Å². The number of aliphatic hydroxyl groups is 1. The maximum atomic E-state index is 13.6. The number of carbonyl (C=O) groups is 4. The molecular weight excluding hydrogens is 680 g/mol. The maximum absolute atomic E-state index is 13.6. The standard InChI is InChI=1S/C42H36O11/c43-25-34-35(51-38(44)29-17-7-2-8-18-29)36(52-39(45)30-19-9-3-10-20-30)37(53-40(46)31-21-11-4-12-22-31)42(50-34)49-27-32-23-13-14-24-33(32)41(47)48-26-28-15-5-1-6-16-28/h1-24,34-37,42-43H,25-27H2. The van der Waals surface area contributed by atoms with Crippen LogP contribution >= 0.6 is 0 Å². The van der Waals surface area contributed by atoms with Gasteiger partial charge < -0.3 is 33.5 Å². The SMILES string of the molecule is O=C(OC1C(CO)OC(OCc2ccccc2C(=O)OCc2ccccc2)C(OC(=O)c2ccccc2)C1OC(=O)c1ccccc1)c1ccccc1. The van der Waals surface area contributed by atoms with Crippen LogP contribution in [0.1, 0.15) is 52.6 Å². The summed E-state index contributed by atoms with van der Waals surface area (Å²) < 4.78 is 35.7. The van der Waals surface area contributed by atoms with E-state index in [0.29, 0.717) is 5.56 Å². The minimum absolute atomic E-state index is 0.0494. The Balaban J connectivity index is 1.32. The summed E-state index contributed by atoms with van der Waals surface area (Å²) >= 11 is 0. The predicted molar refractivity (Wildman–Crippen MR) is 189 cm³/mol. The average Bonchev–Trinajstić information content (AvgIpc) is 3.22. The second kappa shape index (κ2) is 17.9. The summed E-state index contributed by atoms with van der Waals surface area (Å²) in [7, 11) is 0. The largest absolute Gasteiger partial charge is 0.457 e. The first-order chi connectivity index (χ1) is 25.9. The number of rotatable bonds is 13. The van der Waals surface area contributed by atoms with Crippen LogP contribution in [0.25, 0.3) is 0 Å². The molecule has 1 heterocycles. The van der Waals surface area contributed by atoms with Crippen molar-refractivity contribution in [2.75, 3.05) is 6.61 Å². The summed E-state index contributed by atoms with van der Waals surface area (Å²) in [4.78, 5) is 53.7. The van der Waals surface area contributed by atoms with E-state index in [1.165, 1.54) is 36.4 Å². The predicted octanol–water partition coefficient (Wildman–Crippen LogP) is 5.95. The van der Waals surface area contributed by atoms with E-state index < -0.39 is 61.2 Å². The summed E-state index contributed by atoms with van der Waals surface area (Å²) in [5.41, 5.74) is 1.97. The van der Waals surface area contributed by atoms with E-state index in [1.54, 1.807) is 78.9 Å². The van der Waals surface area contributed by atoms with Gasteiger partial charge in [-0.05, 0) is 53.6 Å². The fraction of sp³-hybridized carbons (Fsp3) is 0.190. The van der Waals surface area contributed by atoms with Crippen molar-refractivity contribution >= 4 is 23.9 Å². The minimum atomic E-state index is -1.54. The molecule has 1 aliphatic rings. The van der Waals surface area contributed by atoms with Gasteiger partial charge in [0.05, 0.1) is 35.5 Å². The molecular formula is C42H36O11. The molecule has 11 nitrogen and oxygen atoms in total. The molecule has 0 saturated carbocycles. The van der Waals surface area contributed by atoms with Crippen LogP contribution in [0.15, 0.2) is 146 Å². The third-order valence-electron chi connectivity index (χ3n) is 8.38. The second-order valence-electron chi connectivity index (χ2n) is 12.0. The highest BCUT2D eigenvalue weighted by atomic mass is 16.7. The smallest absolute Gasteiger partial charge is 0.338 e. The summed E-state index contributed by atoms with van der Waals surface area (Å²) in [6.45, 7) is -0.909. The Morgan fingerprint density at radius 2 is 0.962 bits per heavy atom. The molecule has 5 aromatic rings. The van der Waals surface area contributed by atoms with E-state index in [9.17, 15) is 24.3 Å². The molecule has 0 radical (unpaired) electrons. The van der Waals surface area contributed by atoms with Gasteiger partial charge in [0, 0.05) is 0 Å². The number of hydrogen-bond donors (Lipinski definition) is 1. The third-order valence-corrected chi connectivity index (χ3v) is 8.38. The summed E-state index contributed by atoms with van der Waals surface area (Å²) in [5.74, 6) is -3.02. The van der Waals surface area contributed by atoms with E-state index in [0.717, 1.165) is 5.56 Å². The van der Waals surface area contributed by atoms with E-state index in [2.05, 4.69) is 0 Å². The first-order valence-electron chi connectivity index (χ1n) is 16.9. The van der Waals surface area contributed by atoms with Crippen LogP contribution < -0.4 is 0 Å². The zero-order valence-electron chi connectivity index (χ0n) is 28.4. The fourth-order valence-corrected chi connectivity index (χ4v) is 5.68. The normalized spacial score (nSPS) is 19.4. The van der Waals surface area contributed by atoms with E-state index in [-0.39, 0.29) is 35.5 Å². The summed E-state index contributed by atoms with van der Waals surface area (Å²) in [6.07, 6.45) is -7.34. The van der Waals surface area contributed by atoms with Crippen molar-refractivity contribution in [2.45, 2.75) is 43.9 Å². The van der Waals surface area contributed by atoms with E-state index in [4.69, 9.17) is 28.4 Å². The molecule has 1 fully saturated rings. The molecule has 5 unspecified atom stereocenters. The van der Waals surface area contributed by atoms with Gasteiger partial charge in [-0.1, -0.05) is 103 Å². The topological polar surface area (TPSA) is 144 Å². The van der Waals surface area contributed by atoms with Gasteiger partial charge in [-0.3, -0.25) is 0 Å². The Morgan fingerprint density at radius 1 is 0.509 bits per heavy atom. The lowest BCUT2D eigenvalue weighted by atomic mass is 9.97. The van der Waals surface area contributed by atoms with Gasteiger partial charge in [0.1, 0.15) is 12.7 Å². The Morgan fingerprint density at radius 3 is 1.49 bits per heavy atom. The highest BCUT2D eigenvalue weighted by Crippen LogP contribution is 2.32. The minimum Gasteiger partial charge on any atom is -0.457 e. The van der Waals surface area contributed by atoms with Crippen molar-refractivity contribution in [3.05, 3.63) is 179 Å². The molecule has 6 rings (SSSR count).